The largest absolute Gasteiger partial charge is 0.278 e. The zero-order valence-electron chi connectivity index (χ0n) is 10.0. The van der Waals surface area contributed by atoms with Crippen LogP contribution >= 0.6 is 38.9 Å². The second-order valence-corrected chi connectivity index (χ2v) is 8.12. The van der Waals surface area contributed by atoms with Crippen LogP contribution in [0.25, 0.3) is 0 Å². The van der Waals surface area contributed by atoms with E-state index in [1.807, 2.05) is 6.07 Å². The Bertz CT molecular complexity index is 812. The molecule has 0 fully saturated rings. The van der Waals surface area contributed by atoms with Gasteiger partial charge in [0.05, 0.1) is 16.9 Å². The molecule has 1 N–H and O–H groups in total. The lowest BCUT2D eigenvalue weighted by Crippen LogP contribution is -2.13. The third kappa shape index (κ3) is 3.12. The van der Waals surface area contributed by atoms with Crippen LogP contribution in [0.4, 0.5) is 5.69 Å². The Morgan fingerprint density at radius 3 is 2.75 bits per heavy atom. The molecule has 1 heterocycles. The number of benzene rings is 1. The molecule has 0 aliphatic carbocycles. The first-order chi connectivity index (χ1) is 9.33. The maximum absolute atomic E-state index is 12.3. The number of nitrogens with one attached hydrogen (secondary N) is 1. The molecule has 20 heavy (non-hydrogen) atoms. The average molecular weight is 393 g/mol. The number of thiazole rings is 1. The van der Waals surface area contributed by atoms with Gasteiger partial charge in [0.25, 0.3) is 10.0 Å². The molecule has 0 spiro atoms. The first-order valence-electron chi connectivity index (χ1n) is 5.19. The molecule has 2 rings (SSSR count). The fourth-order valence-corrected chi connectivity index (χ4v) is 4.66. The van der Waals surface area contributed by atoms with Crippen molar-refractivity contribution < 1.29 is 8.42 Å². The van der Waals surface area contributed by atoms with Gasteiger partial charge in [0.1, 0.15) is 6.07 Å². The van der Waals surface area contributed by atoms with Gasteiger partial charge >= 0.3 is 0 Å². The number of sulfonamides is 1. The third-order valence-electron chi connectivity index (χ3n) is 2.32. The van der Waals surface area contributed by atoms with Gasteiger partial charge in [-0.25, -0.2) is 13.4 Å². The molecule has 0 aliphatic heterocycles. The van der Waals surface area contributed by atoms with E-state index in [4.69, 9.17) is 16.9 Å². The Kier molecular flexibility index (Phi) is 4.34. The molecule has 5 nitrogen and oxygen atoms in total. The molecule has 9 heteroatoms. The van der Waals surface area contributed by atoms with Crippen molar-refractivity contribution >= 4 is 54.6 Å². The van der Waals surface area contributed by atoms with E-state index < -0.39 is 10.0 Å². The van der Waals surface area contributed by atoms with Gasteiger partial charge in [0.15, 0.2) is 8.68 Å². The maximum atomic E-state index is 12.3. The van der Waals surface area contributed by atoms with E-state index in [-0.39, 0.29) is 19.9 Å². The van der Waals surface area contributed by atoms with Crippen molar-refractivity contribution in [2.75, 3.05) is 4.72 Å². The van der Waals surface area contributed by atoms with Crippen molar-refractivity contribution in [3.8, 4) is 6.07 Å². The van der Waals surface area contributed by atoms with Gasteiger partial charge in [0, 0.05) is 4.47 Å². The van der Waals surface area contributed by atoms with Crippen LogP contribution in [-0.2, 0) is 10.0 Å². The highest BCUT2D eigenvalue weighted by atomic mass is 79.9. The van der Waals surface area contributed by atoms with Crippen LogP contribution in [0, 0.1) is 18.3 Å². The van der Waals surface area contributed by atoms with Gasteiger partial charge in [-0.2, -0.15) is 5.26 Å². The van der Waals surface area contributed by atoms with Crippen molar-refractivity contribution in [3.63, 3.8) is 0 Å². The molecule has 0 radical (unpaired) electrons. The van der Waals surface area contributed by atoms with Crippen LogP contribution in [0.15, 0.2) is 26.9 Å². The van der Waals surface area contributed by atoms with Crippen LogP contribution in [0.1, 0.15) is 11.3 Å². The summed E-state index contributed by atoms with van der Waals surface area (Å²) >= 11 is 9.81. The lowest BCUT2D eigenvalue weighted by atomic mass is 10.2. The van der Waals surface area contributed by atoms with E-state index in [1.54, 1.807) is 13.0 Å². The van der Waals surface area contributed by atoms with Gasteiger partial charge in [-0.15, -0.1) is 0 Å². The van der Waals surface area contributed by atoms with Crippen LogP contribution in [-0.4, -0.2) is 13.4 Å². The zero-order valence-corrected chi connectivity index (χ0v) is 14.0. The number of hydrogen-bond donors (Lipinski definition) is 1. The minimum Gasteiger partial charge on any atom is -0.278 e. The molecule has 1 aromatic carbocycles. The zero-order chi connectivity index (χ0) is 14.9. The van der Waals surface area contributed by atoms with Crippen molar-refractivity contribution in [2.45, 2.75) is 11.1 Å². The van der Waals surface area contributed by atoms with Crippen LogP contribution < -0.4 is 4.72 Å². The highest BCUT2D eigenvalue weighted by Crippen LogP contribution is 2.30. The molecular weight excluding hydrogens is 386 g/mol. The standard InChI is InChI=1S/C11H7BrClN3O2S2/c1-6-10(19-11(13)15-6)20(17,18)16-9-4-8(12)3-2-7(9)5-14/h2-4,16H,1H3. The molecule has 0 atom stereocenters. The highest BCUT2D eigenvalue weighted by Gasteiger charge is 2.22. The molecule has 0 saturated heterocycles. The predicted octanol–water partition coefficient (Wildman–Crippen LogP) is 3.54. The molecule has 104 valence electrons. The van der Waals surface area contributed by atoms with E-state index in [0.29, 0.717) is 10.2 Å². The van der Waals surface area contributed by atoms with E-state index in [2.05, 4.69) is 25.6 Å². The van der Waals surface area contributed by atoms with E-state index in [1.165, 1.54) is 12.1 Å². The van der Waals surface area contributed by atoms with Gasteiger partial charge in [0.2, 0.25) is 0 Å². The Balaban J connectivity index is 2.46. The van der Waals surface area contributed by atoms with E-state index in [0.717, 1.165) is 11.3 Å². The fourth-order valence-electron chi connectivity index (χ4n) is 1.49. The SMILES string of the molecule is Cc1nc(Cl)sc1S(=O)(=O)Nc1cc(Br)ccc1C#N. The summed E-state index contributed by atoms with van der Waals surface area (Å²) in [4.78, 5) is 3.87. The number of anilines is 1. The molecule has 0 aliphatic rings. The number of aromatic nitrogens is 1. The Morgan fingerprint density at radius 2 is 2.20 bits per heavy atom. The second-order valence-electron chi connectivity index (χ2n) is 3.75. The molecule has 0 unspecified atom stereocenters. The van der Waals surface area contributed by atoms with Gasteiger partial charge in [-0.3, -0.25) is 4.72 Å². The summed E-state index contributed by atoms with van der Waals surface area (Å²) in [7, 11) is -3.82. The number of nitriles is 1. The van der Waals surface area contributed by atoms with Crippen molar-refractivity contribution in [2.24, 2.45) is 0 Å². The lowest BCUT2D eigenvalue weighted by molar-refractivity contribution is 0.602. The van der Waals surface area contributed by atoms with E-state index >= 15 is 0 Å². The second kappa shape index (κ2) is 5.69. The van der Waals surface area contributed by atoms with Crippen molar-refractivity contribution in [1.82, 2.24) is 4.98 Å². The smallest absolute Gasteiger partial charge is 0.273 e. The average Bonchev–Trinajstić information content (AvgIpc) is 2.69. The van der Waals surface area contributed by atoms with Crippen LogP contribution in [0.3, 0.4) is 0 Å². The summed E-state index contributed by atoms with van der Waals surface area (Å²) in [6, 6.07) is 6.63. The van der Waals surface area contributed by atoms with E-state index in [9.17, 15) is 8.42 Å². The van der Waals surface area contributed by atoms with Gasteiger partial charge in [-0.1, -0.05) is 38.9 Å². The highest BCUT2D eigenvalue weighted by molar-refractivity contribution is 9.10. The number of nitrogens with zero attached hydrogens (tertiary/aromatic N) is 2. The summed E-state index contributed by atoms with van der Waals surface area (Å²) in [6.07, 6.45) is 0. The topological polar surface area (TPSA) is 82.8 Å². The summed E-state index contributed by atoms with van der Waals surface area (Å²) in [5, 5.41) is 9.00. The number of halogens is 2. The minimum atomic E-state index is -3.82. The minimum absolute atomic E-state index is 0.0337. The maximum Gasteiger partial charge on any atom is 0.273 e. The number of aryl methyl sites for hydroxylation is 1. The Hall–Kier alpha value is -1.14. The molecule has 1 aromatic heterocycles. The first-order valence-corrected chi connectivity index (χ1v) is 8.66. The molecule has 0 bridgehead atoms. The molecule has 0 amide bonds. The van der Waals surface area contributed by atoms with Crippen LogP contribution in [0.5, 0.6) is 0 Å². The normalized spacial score (nSPS) is 11.1. The summed E-state index contributed by atoms with van der Waals surface area (Å²) in [5.41, 5.74) is 0.747. The molecule has 0 saturated carbocycles. The predicted molar refractivity (Wildman–Crippen MR) is 81.5 cm³/mol. The Labute approximate surface area is 133 Å². The molecule has 2 aromatic rings. The lowest BCUT2D eigenvalue weighted by Gasteiger charge is -2.08. The van der Waals surface area contributed by atoms with Crippen LogP contribution in [0.2, 0.25) is 4.47 Å². The monoisotopic (exact) mass is 391 g/mol. The van der Waals surface area contributed by atoms with Gasteiger partial charge in [-0.05, 0) is 25.1 Å². The summed E-state index contributed by atoms with van der Waals surface area (Å²) in [6.45, 7) is 1.56. The molecular formula is C11H7BrClN3O2S2. The van der Waals surface area contributed by atoms with Crippen molar-refractivity contribution in [1.29, 1.82) is 5.26 Å². The number of rotatable bonds is 3. The first kappa shape index (κ1) is 15.3. The summed E-state index contributed by atoms with van der Waals surface area (Å²) < 4.78 is 27.8. The fraction of sp³-hybridized carbons (Fsp3) is 0.0909. The number of hydrogen-bond acceptors (Lipinski definition) is 5. The quantitative estimate of drug-likeness (QED) is 0.866. The van der Waals surface area contributed by atoms with Crippen molar-refractivity contribution in [3.05, 3.63) is 38.4 Å². The third-order valence-corrected chi connectivity index (χ3v) is 6.05. The summed E-state index contributed by atoms with van der Waals surface area (Å²) in [5.74, 6) is 0. The van der Waals surface area contributed by atoms with Gasteiger partial charge < -0.3 is 0 Å². The Morgan fingerprint density at radius 1 is 1.50 bits per heavy atom.